The van der Waals surface area contributed by atoms with Crippen LogP contribution in [0, 0.1) is 0 Å². The van der Waals surface area contributed by atoms with Crippen LogP contribution in [0.15, 0.2) is 29.0 Å². The van der Waals surface area contributed by atoms with Crippen molar-refractivity contribution >= 4 is 27.5 Å². The fourth-order valence-electron chi connectivity index (χ4n) is 1.42. The van der Waals surface area contributed by atoms with E-state index in [-0.39, 0.29) is 6.04 Å². The molecule has 1 heterocycles. The van der Waals surface area contributed by atoms with E-state index in [1.807, 2.05) is 25.1 Å². The van der Waals surface area contributed by atoms with Crippen LogP contribution in [-0.2, 0) is 6.54 Å². The third-order valence-electron chi connectivity index (χ3n) is 2.31. The lowest BCUT2D eigenvalue weighted by molar-refractivity contribution is 0.649. The van der Waals surface area contributed by atoms with Crippen molar-refractivity contribution in [3.63, 3.8) is 0 Å². The first kappa shape index (κ1) is 12.5. The molecule has 4 nitrogen and oxygen atoms in total. The van der Waals surface area contributed by atoms with Gasteiger partial charge in [0.05, 0.1) is 12.6 Å². The SMILES string of the molecule is CC(N)c1ncn(Cc2ccc(Br)cc2Cl)n1. The summed E-state index contributed by atoms with van der Waals surface area (Å²) in [6.45, 7) is 2.44. The Hall–Kier alpha value is -0.910. The monoisotopic (exact) mass is 314 g/mol. The van der Waals surface area contributed by atoms with E-state index in [0.717, 1.165) is 10.0 Å². The van der Waals surface area contributed by atoms with Gasteiger partial charge in [-0.3, -0.25) is 0 Å². The Morgan fingerprint density at radius 1 is 1.53 bits per heavy atom. The van der Waals surface area contributed by atoms with Crippen molar-refractivity contribution in [3.05, 3.63) is 45.4 Å². The van der Waals surface area contributed by atoms with Gasteiger partial charge in [0.2, 0.25) is 0 Å². The predicted molar refractivity (Wildman–Crippen MR) is 70.9 cm³/mol. The van der Waals surface area contributed by atoms with E-state index >= 15 is 0 Å². The molecule has 1 atom stereocenters. The van der Waals surface area contributed by atoms with Gasteiger partial charge in [-0.1, -0.05) is 33.6 Å². The van der Waals surface area contributed by atoms with Crippen LogP contribution in [0.25, 0.3) is 0 Å². The first-order valence-electron chi connectivity index (χ1n) is 5.15. The fourth-order valence-corrected chi connectivity index (χ4v) is 2.15. The van der Waals surface area contributed by atoms with Gasteiger partial charge in [-0.2, -0.15) is 5.10 Å². The summed E-state index contributed by atoms with van der Waals surface area (Å²) in [5, 5.41) is 4.98. The van der Waals surface area contributed by atoms with E-state index in [1.165, 1.54) is 0 Å². The number of halogens is 2. The number of nitrogens with zero attached hydrogens (tertiary/aromatic N) is 3. The zero-order chi connectivity index (χ0) is 12.4. The van der Waals surface area contributed by atoms with Crippen molar-refractivity contribution in [2.75, 3.05) is 0 Å². The molecule has 1 unspecified atom stereocenters. The van der Waals surface area contributed by atoms with Gasteiger partial charge in [-0.25, -0.2) is 9.67 Å². The molecule has 2 aromatic rings. The lowest BCUT2D eigenvalue weighted by atomic mass is 10.2. The molecule has 0 aliphatic carbocycles. The summed E-state index contributed by atoms with van der Waals surface area (Å²) in [6, 6.07) is 5.61. The van der Waals surface area contributed by atoms with Gasteiger partial charge >= 0.3 is 0 Å². The van der Waals surface area contributed by atoms with Crippen LogP contribution in [0.1, 0.15) is 24.4 Å². The number of hydrogen-bond donors (Lipinski definition) is 1. The molecule has 0 fully saturated rings. The topological polar surface area (TPSA) is 56.7 Å². The Bertz CT molecular complexity index is 524. The zero-order valence-corrected chi connectivity index (χ0v) is 11.6. The first-order valence-corrected chi connectivity index (χ1v) is 6.32. The smallest absolute Gasteiger partial charge is 0.166 e. The summed E-state index contributed by atoms with van der Waals surface area (Å²) in [4.78, 5) is 4.13. The molecule has 1 aromatic carbocycles. The van der Waals surface area contributed by atoms with Crippen LogP contribution in [0.2, 0.25) is 5.02 Å². The van der Waals surface area contributed by atoms with Crippen molar-refractivity contribution in [1.82, 2.24) is 14.8 Å². The number of rotatable bonds is 3. The normalized spacial score (nSPS) is 12.7. The predicted octanol–water partition coefficient (Wildman–Crippen LogP) is 2.76. The van der Waals surface area contributed by atoms with E-state index in [2.05, 4.69) is 26.0 Å². The van der Waals surface area contributed by atoms with E-state index < -0.39 is 0 Å². The number of hydrogen-bond acceptors (Lipinski definition) is 3. The third kappa shape index (κ3) is 3.06. The van der Waals surface area contributed by atoms with Gasteiger partial charge in [-0.15, -0.1) is 0 Å². The maximum Gasteiger partial charge on any atom is 0.166 e. The number of benzene rings is 1. The summed E-state index contributed by atoms with van der Waals surface area (Å²) < 4.78 is 2.69. The van der Waals surface area contributed by atoms with Crippen molar-refractivity contribution in [1.29, 1.82) is 0 Å². The summed E-state index contributed by atoms with van der Waals surface area (Å²) in [7, 11) is 0. The van der Waals surface area contributed by atoms with Crippen LogP contribution in [0.4, 0.5) is 0 Å². The Balaban J connectivity index is 2.19. The minimum atomic E-state index is -0.156. The molecular formula is C11H12BrClN4. The van der Waals surface area contributed by atoms with Crippen LogP contribution in [0.3, 0.4) is 0 Å². The van der Waals surface area contributed by atoms with E-state index in [1.54, 1.807) is 11.0 Å². The second-order valence-electron chi connectivity index (χ2n) is 3.82. The van der Waals surface area contributed by atoms with Crippen LogP contribution < -0.4 is 5.73 Å². The molecule has 2 N–H and O–H groups in total. The first-order chi connectivity index (χ1) is 8.06. The van der Waals surface area contributed by atoms with Gasteiger partial charge in [0.15, 0.2) is 5.82 Å². The van der Waals surface area contributed by atoms with Crippen molar-refractivity contribution in [3.8, 4) is 0 Å². The highest BCUT2D eigenvalue weighted by atomic mass is 79.9. The van der Waals surface area contributed by atoms with Crippen molar-refractivity contribution < 1.29 is 0 Å². The number of aromatic nitrogens is 3. The minimum Gasteiger partial charge on any atom is -0.321 e. The van der Waals surface area contributed by atoms with E-state index in [0.29, 0.717) is 17.4 Å². The van der Waals surface area contributed by atoms with Crippen LogP contribution >= 0.6 is 27.5 Å². The number of nitrogens with two attached hydrogens (primary N) is 1. The second-order valence-corrected chi connectivity index (χ2v) is 5.15. The average Bonchev–Trinajstić information content (AvgIpc) is 2.71. The third-order valence-corrected chi connectivity index (χ3v) is 3.15. The molecule has 2 rings (SSSR count). The van der Waals surface area contributed by atoms with Gasteiger partial charge in [0.25, 0.3) is 0 Å². The Morgan fingerprint density at radius 3 is 2.88 bits per heavy atom. The van der Waals surface area contributed by atoms with E-state index in [9.17, 15) is 0 Å². The highest BCUT2D eigenvalue weighted by molar-refractivity contribution is 9.10. The molecule has 0 saturated heterocycles. The molecule has 1 aromatic heterocycles. The van der Waals surface area contributed by atoms with Crippen molar-refractivity contribution in [2.24, 2.45) is 5.73 Å². The van der Waals surface area contributed by atoms with Gasteiger partial charge in [0, 0.05) is 9.50 Å². The molecule has 0 bridgehead atoms. The summed E-state index contributed by atoms with van der Waals surface area (Å²) in [6.07, 6.45) is 1.66. The summed E-state index contributed by atoms with van der Waals surface area (Å²) in [5.41, 5.74) is 6.70. The molecule has 17 heavy (non-hydrogen) atoms. The largest absolute Gasteiger partial charge is 0.321 e. The quantitative estimate of drug-likeness (QED) is 0.947. The lowest BCUT2D eigenvalue weighted by Gasteiger charge is -2.04. The molecular weight excluding hydrogens is 304 g/mol. The maximum atomic E-state index is 6.13. The van der Waals surface area contributed by atoms with Gasteiger partial charge in [0.1, 0.15) is 6.33 Å². The molecule has 0 aliphatic heterocycles. The molecule has 0 aliphatic rings. The summed E-state index contributed by atoms with van der Waals surface area (Å²) in [5.74, 6) is 0.637. The van der Waals surface area contributed by atoms with Crippen LogP contribution in [-0.4, -0.2) is 14.8 Å². The van der Waals surface area contributed by atoms with Gasteiger partial charge < -0.3 is 5.73 Å². The Kier molecular flexibility index (Phi) is 3.81. The minimum absolute atomic E-state index is 0.156. The van der Waals surface area contributed by atoms with Gasteiger partial charge in [-0.05, 0) is 24.6 Å². The zero-order valence-electron chi connectivity index (χ0n) is 9.27. The highest BCUT2D eigenvalue weighted by Crippen LogP contribution is 2.21. The summed E-state index contributed by atoms with van der Waals surface area (Å²) >= 11 is 9.50. The highest BCUT2D eigenvalue weighted by Gasteiger charge is 2.07. The van der Waals surface area contributed by atoms with E-state index in [4.69, 9.17) is 17.3 Å². The standard InChI is InChI=1S/C11H12BrClN4/c1-7(14)11-15-6-17(16-11)5-8-2-3-9(12)4-10(8)13/h2-4,6-7H,5,14H2,1H3. The Morgan fingerprint density at radius 2 is 2.29 bits per heavy atom. The fraction of sp³-hybridized carbons (Fsp3) is 0.273. The molecule has 90 valence electrons. The second kappa shape index (κ2) is 5.16. The molecule has 0 saturated carbocycles. The molecule has 0 spiro atoms. The maximum absolute atomic E-state index is 6.13. The molecule has 0 amide bonds. The van der Waals surface area contributed by atoms with Crippen LogP contribution in [0.5, 0.6) is 0 Å². The van der Waals surface area contributed by atoms with Crippen molar-refractivity contribution in [2.45, 2.75) is 19.5 Å². The Labute approximate surface area is 113 Å². The molecule has 6 heteroatoms. The molecule has 0 radical (unpaired) electrons. The average molecular weight is 316 g/mol. The lowest BCUT2D eigenvalue weighted by Crippen LogP contribution is -2.08.